The van der Waals surface area contributed by atoms with Crippen LogP contribution >= 0.6 is 0 Å². The average molecular weight is 263 g/mol. The molecule has 1 aliphatic heterocycles. The van der Waals surface area contributed by atoms with Gasteiger partial charge in [-0.05, 0) is 71.7 Å². The van der Waals surface area contributed by atoms with Gasteiger partial charge in [0.05, 0.1) is 11.1 Å². The van der Waals surface area contributed by atoms with Crippen molar-refractivity contribution < 1.29 is 9.94 Å². The molecule has 1 aromatic rings. The van der Waals surface area contributed by atoms with Gasteiger partial charge >= 0.3 is 0 Å². The second-order valence-corrected chi connectivity index (χ2v) is 7.35. The first-order valence-corrected chi connectivity index (χ1v) is 6.79. The zero-order valence-corrected chi connectivity index (χ0v) is 13.0. The molecule has 0 fully saturated rings. The Morgan fingerprint density at radius 1 is 1.00 bits per heavy atom. The van der Waals surface area contributed by atoms with E-state index >= 15 is 0 Å². The molecule has 0 atom stereocenters. The number of hydrogen-bond acceptors (Lipinski definition) is 3. The molecule has 0 unspecified atom stereocenters. The third-order valence-corrected chi connectivity index (χ3v) is 3.79. The van der Waals surface area contributed by atoms with Gasteiger partial charge in [0.1, 0.15) is 11.4 Å². The Morgan fingerprint density at radius 3 is 2.05 bits per heavy atom. The molecule has 1 heterocycles. The lowest BCUT2D eigenvalue weighted by Gasteiger charge is -2.34. The number of fused-ring (bicyclic) bond motifs is 1. The summed E-state index contributed by atoms with van der Waals surface area (Å²) in [4.78, 5) is 0. The molecule has 1 aromatic carbocycles. The summed E-state index contributed by atoms with van der Waals surface area (Å²) in [5, 5.41) is 11.9. The molecule has 0 saturated heterocycles. The number of nitrogens with zero attached hydrogens (tertiary/aromatic N) is 1. The van der Waals surface area contributed by atoms with Gasteiger partial charge in [0, 0.05) is 0 Å². The maximum Gasteiger partial charge on any atom is 0.120 e. The molecule has 3 nitrogen and oxygen atoms in total. The van der Waals surface area contributed by atoms with Crippen LogP contribution in [0.5, 0.6) is 5.75 Å². The quantitative estimate of drug-likeness (QED) is 0.830. The van der Waals surface area contributed by atoms with E-state index < -0.39 is 5.54 Å². The molecule has 1 N–H and O–H groups in total. The van der Waals surface area contributed by atoms with Crippen LogP contribution in [0.1, 0.15) is 59.6 Å². The van der Waals surface area contributed by atoms with E-state index in [9.17, 15) is 5.21 Å². The highest BCUT2D eigenvalue weighted by atomic mass is 16.5. The number of hydroxylamine groups is 2. The maximum absolute atomic E-state index is 10.4. The number of rotatable bonds is 1. The van der Waals surface area contributed by atoms with Crippen LogP contribution in [0.2, 0.25) is 0 Å². The van der Waals surface area contributed by atoms with Crippen LogP contribution in [0.15, 0.2) is 18.2 Å². The Morgan fingerprint density at radius 2 is 1.53 bits per heavy atom. The van der Waals surface area contributed by atoms with Crippen LogP contribution in [0, 0.1) is 0 Å². The molecular formula is C16H25NO2. The van der Waals surface area contributed by atoms with Gasteiger partial charge in [-0.25, -0.2) is 0 Å². The highest BCUT2D eigenvalue weighted by Crippen LogP contribution is 2.49. The normalized spacial score (nSPS) is 21.3. The van der Waals surface area contributed by atoms with E-state index in [1.54, 1.807) is 0 Å². The molecule has 0 amide bonds. The minimum atomic E-state index is -0.407. The predicted molar refractivity (Wildman–Crippen MR) is 76.5 cm³/mol. The number of hydrogen-bond donors (Lipinski definition) is 1. The highest BCUT2D eigenvalue weighted by Gasteiger charge is 2.48. The molecular weight excluding hydrogens is 238 g/mol. The van der Waals surface area contributed by atoms with E-state index in [1.807, 2.05) is 54.5 Å². The van der Waals surface area contributed by atoms with Crippen molar-refractivity contribution in [3.8, 4) is 5.75 Å². The Bertz CT molecular complexity index is 498. The average Bonchev–Trinajstić information content (AvgIpc) is 2.36. The van der Waals surface area contributed by atoms with Crippen molar-refractivity contribution in [3.63, 3.8) is 0 Å². The van der Waals surface area contributed by atoms with E-state index in [1.165, 1.54) is 5.06 Å². The summed E-state index contributed by atoms with van der Waals surface area (Å²) in [6.45, 7) is 14.2. The lowest BCUT2D eigenvalue weighted by Crippen LogP contribution is -2.42. The summed E-state index contributed by atoms with van der Waals surface area (Å²) < 4.78 is 5.92. The van der Waals surface area contributed by atoms with Crippen molar-refractivity contribution in [1.29, 1.82) is 0 Å². The largest absolute Gasteiger partial charge is 0.488 e. The summed E-state index contributed by atoms with van der Waals surface area (Å²) in [5.74, 6) is 0.852. The fourth-order valence-corrected chi connectivity index (χ4v) is 2.91. The molecule has 1 aliphatic rings. The number of ether oxygens (including phenoxy) is 1. The number of benzene rings is 1. The molecule has 0 spiro atoms. The minimum Gasteiger partial charge on any atom is -0.488 e. The molecule has 0 aromatic heterocycles. The van der Waals surface area contributed by atoms with Crippen molar-refractivity contribution in [3.05, 3.63) is 29.3 Å². The monoisotopic (exact) mass is 263 g/mol. The van der Waals surface area contributed by atoms with Gasteiger partial charge in [-0.1, -0.05) is 6.07 Å². The first kappa shape index (κ1) is 14.4. The summed E-state index contributed by atoms with van der Waals surface area (Å²) in [7, 11) is 0. The first-order chi connectivity index (χ1) is 8.46. The summed E-state index contributed by atoms with van der Waals surface area (Å²) >= 11 is 0. The van der Waals surface area contributed by atoms with Gasteiger partial charge in [-0.15, -0.1) is 0 Å². The Hall–Kier alpha value is -1.06. The first-order valence-electron chi connectivity index (χ1n) is 6.79. The van der Waals surface area contributed by atoms with Crippen molar-refractivity contribution in [2.75, 3.05) is 0 Å². The van der Waals surface area contributed by atoms with E-state index in [0.717, 1.165) is 16.9 Å². The zero-order valence-electron chi connectivity index (χ0n) is 13.0. The lowest BCUT2D eigenvalue weighted by atomic mass is 9.90. The van der Waals surface area contributed by atoms with Crippen molar-refractivity contribution >= 4 is 0 Å². The minimum absolute atomic E-state index is 0.217. The standard InChI is InChI=1S/C16H25NO2/c1-14(2,3)19-11-8-9-12-13(10-11)16(6,7)17(18)15(12,4)5/h8-10,18H,1-7H3. The Labute approximate surface area is 116 Å². The van der Waals surface area contributed by atoms with Crippen LogP contribution in [-0.2, 0) is 11.1 Å². The molecule has 2 rings (SSSR count). The maximum atomic E-state index is 10.4. The van der Waals surface area contributed by atoms with Crippen LogP contribution in [0.4, 0.5) is 0 Å². The van der Waals surface area contributed by atoms with E-state index in [4.69, 9.17) is 4.74 Å². The fraction of sp³-hybridized carbons (Fsp3) is 0.625. The smallest absolute Gasteiger partial charge is 0.120 e. The summed E-state index contributed by atoms with van der Waals surface area (Å²) in [5.41, 5.74) is 1.28. The second kappa shape index (κ2) is 3.97. The third kappa shape index (κ3) is 2.26. The molecule has 3 heteroatoms. The van der Waals surface area contributed by atoms with Crippen molar-refractivity contribution in [1.82, 2.24) is 5.06 Å². The Balaban J connectivity index is 2.50. The highest BCUT2D eigenvalue weighted by molar-refractivity contribution is 5.46. The van der Waals surface area contributed by atoms with Crippen LogP contribution < -0.4 is 4.74 Å². The Kier molecular flexibility index (Phi) is 3.00. The van der Waals surface area contributed by atoms with Crippen molar-refractivity contribution in [2.24, 2.45) is 0 Å². The van der Waals surface area contributed by atoms with Gasteiger partial charge in [-0.2, -0.15) is 5.06 Å². The van der Waals surface area contributed by atoms with Crippen LogP contribution in [0.25, 0.3) is 0 Å². The molecule has 0 bridgehead atoms. The summed E-state index contributed by atoms with van der Waals surface area (Å²) in [6, 6.07) is 6.11. The molecule has 19 heavy (non-hydrogen) atoms. The molecule has 0 radical (unpaired) electrons. The summed E-state index contributed by atoms with van der Waals surface area (Å²) in [6.07, 6.45) is 0. The third-order valence-electron chi connectivity index (χ3n) is 3.79. The predicted octanol–water partition coefficient (Wildman–Crippen LogP) is 4.04. The zero-order chi connectivity index (χ0) is 14.6. The van der Waals surface area contributed by atoms with Crippen LogP contribution in [-0.4, -0.2) is 15.9 Å². The van der Waals surface area contributed by atoms with Gasteiger partial charge < -0.3 is 9.94 Å². The van der Waals surface area contributed by atoms with Crippen LogP contribution in [0.3, 0.4) is 0 Å². The van der Waals surface area contributed by atoms with Gasteiger partial charge in [-0.3, -0.25) is 0 Å². The topological polar surface area (TPSA) is 32.7 Å². The van der Waals surface area contributed by atoms with Gasteiger partial charge in [0.15, 0.2) is 0 Å². The van der Waals surface area contributed by atoms with E-state index in [-0.39, 0.29) is 11.1 Å². The molecule has 0 saturated carbocycles. The molecule has 106 valence electrons. The van der Waals surface area contributed by atoms with E-state index in [2.05, 4.69) is 12.1 Å². The van der Waals surface area contributed by atoms with E-state index in [0.29, 0.717) is 0 Å². The van der Waals surface area contributed by atoms with Gasteiger partial charge in [0.2, 0.25) is 0 Å². The van der Waals surface area contributed by atoms with Crippen molar-refractivity contribution in [2.45, 2.75) is 65.1 Å². The van der Waals surface area contributed by atoms with Gasteiger partial charge in [0.25, 0.3) is 0 Å². The second-order valence-electron chi connectivity index (χ2n) is 7.35. The fourth-order valence-electron chi connectivity index (χ4n) is 2.91. The molecule has 0 aliphatic carbocycles. The lowest BCUT2D eigenvalue weighted by molar-refractivity contribution is -0.216. The SMILES string of the molecule is CC(C)(C)Oc1ccc2c(c1)C(C)(C)N(O)C2(C)C.